The lowest BCUT2D eigenvalue weighted by atomic mass is 9.59. The molecule has 1 fully saturated rings. The minimum Gasteiger partial charge on any atom is -0.485 e. The van der Waals surface area contributed by atoms with Crippen LogP contribution in [0.15, 0.2) is 48.8 Å². The number of carbonyl (C=O) groups excluding carboxylic acids is 1. The zero-order valence-electron chi connectivity index (χ0n) is 23.1. The van der Waals surface area contributed by atoms with Crippen LogP contribution in [0.1, 0.15) is 35.5 Å². The average molecular weight is 587 g/mol. The molecule has 9 nitrogen and oxygen atoms in total. The Hall–Kier alpha value is -3.77. The first-order valence-electron chi connectivity index (χ1n) is 13.2. The maximum Gasteiger partial charge on any atom is 0.255 e. The fraction of sp³-hybridized carbons (Fsp3) is 0.321. The molecule has 2 aliphatic heterocycles. The lowest BCUT2D eigenvalue weighted by Crippen LogP contribution is -2.57. The Morgan fingerprint density at radius 1 is 1.12 bits per heavy atom. The molecule has 4 aromatic rings. The van der Waals surface area contributed by atoms with Gasteiger partial charge < -0.3 is 9.64 Å². The van der Waals surface area contributed by atoms with Crippen molar-refractivity contribution in [2.45, 2.75) is 37.1 Å². The van der Waals surface area contributed by atoms with Crippen LogP contribution in [0.4, 0.5) is 8.78 Å². The predicted molar refractivity (Wildman–Crippen MR) is 153 cm³/mol. The molecule has 0 N–H and O–H groups in total. The molecular weight excluding hydrogens is 562 g/mol. The molecule has 0 saturated carbocycles. The van der Waals surface area contributed by atoms with E-state index in [0.29, 0.717) is 22.2 Å². The van der Waals surface area contributed by atoms with Crippen LogP contribution in [-0.4, -0.2) is 78.4 Å². The summed E-state index contributed by atoms with van der Waals surface area (Å²) >= 11 is 0. The largest absolute Gasteiger partial charge is 0.485 e. The highest BCUT2D eigenvalue weighted by molar-refractivity contribution is 7.89. The summed E-state index contributed by atoms with van der Waals surface area (Å²) in [7, 11) is 10.7. The molecule has 1 amide bonds. The van der Waals surface area contributed by atoms with E-state index in [-0.39, 0.29) is 41.6 Å². The van der Waals surface area contributed by atoms with E-state index < -0.39 is 44.7 Å². The minimum atomic E-state index is -3.37. The lowest BCUT2D eigenvalue weighted by Gasteiger charge is -2.38. The van der Waals surface area contributed by atoms with E-state index in [9.17, 15) is 13.2 Å². The van der Waals surface area contributed by atoms with Crippen LogP contribution in [0.5, 0.6) is 5.75 Å². The van der Waals surface area contributed by atoms with E-state index in [1.165, 1.54) is 28.7 Å². The Balaban J connectivity index is 1.28. The monoisotopic (exact) mass is 587 g/mol. The van der Waals surface area contributed by atoms with Gasteiger partial charge in [-0.15, -0.1) is 0 Å². The van der Waals surface area contributed by atoms with Crippen LogP contribution in [0.25, 0.3) is 22.0 Å². The predicted octanol–water partition coefficient (Wildman–Crippen LogP) is 2.82. The fourth-order valence-electron chi connectivity index (χ4n) is 5.31. The van der Waals surface area contributed by atoms with Crippen molar-refractivity contribution in [2.24, 2.45) is 7.05 Å². The van der Waals surface area contributed by atoms with Gasteiger partial charge in [0.1, 0.15) is 29.0 Å². The average Bonchev–Trinajstić information content (AvgIpc) is 3.38. The highest BCUT2D eigenvalue weighted by atomic mass is 32.2. The third-order valence-electron chi connectivity index (χ3n) is 7.70. The van der Waals surface area contributed by atoms with Crippen molar-refractivity contribution >= 4 is 42.5 Å². The molecule has 0 spiro atoms. The summed E-state index contributed by atoms with van der Waals surface area (Å²) in [5.74, 6) is -1.90. The Morgan fingerprint density at radius 3 is 2.45 bits per heavy atom. The first kappa shape index (κ1) is 28.4. The maximum atomic E-state index is 15.5. The second kappa shape index (κ2) is 9.91. The number of amides is 1. The van der Waals surface area contributed by atoms with Crippen molar-refractivity contribution in [1.82, 2.24) is 24.0 Å². The van der Waals surface area contributed by atoms with Crippen LogP contribution in [0.2, 0.25) is 0 Å². The quantitative estimate of drug-likeness (QED) is 0.309. The number of aromatic nitrogens is 3. The number of aryl methyl sites for hydroxylation is 1. The summed E-state index contributed by atoms with van der Waals surface area (Å²) in [4.78, 5) is 18.0. The standard InChI is InChI=1S/C28H25B2F2N5O4S/c1-15(2)42(39,40)36-11-17(12-36)41-24-7-6-18(20-13-35(3)34-25(20)24)16-9-22(31)21(23(32)10-16)14-37-27(38)19-5-4-8-33-26(19)28(37,29)30/h4-10,13,15,17H,11-12,14H2,1-3H3. The first-order valence-corrected chi connectivity index (χ1v) is 14.7. The Morgan fingerprint density at radius 2 is 1.81 bits per heavy atom. The molecule has 1 saturated heterocycles. The normalized spacial score (nSPS) is 17.2. The number of halogens is 2. The summed E-state index contributed by atoms with van der Waals surface area (Å²) in [5.41, 5.74) is 1.17. The summed E-state index contributed by atoms with van der Waals surface area (Å²) in [6.45, 7) is 3.21. The second-order valence-corrected chi connectivity index (χ2v) is 13.4. The molecule has 0 bridgehead atoms. The number of sulfonamides is 1. The van der Waals surface area contributed by atoms with Gasteiger partial charge in [-0.1, -0.05) is 0 Å². The molecule has 2 aromatic carbocycles. The number of rotatable bonds is 7. The number of nitrogens with zero attached hydrogens (tertiary/aromatic N) is 5. The van der Waals surface area contributed by atoms with Crippen LogP contribution in [0.3, 0.4) is 0 Å². The number of carbonyl (C=O) groups is 1. The van der Waals surface area contributed by atoms with Crippen molar-refractivity contribution in [3.63, 3.8) is 0 Å². The van der Waals surface area contributed by atoms with Crippen LogP contribution in [0, 0.1) is 11.6 Å². The number of hydrogen-bond acceptors (Lipinski definition) is 6. The van der Waals surface area contributed by atoms with Gasteiger partial charge in [-0.3, -0.25) is 14.5 Å². The molecule has 4 radical (unpaired) electrons. The Kier molecular flexibility index (Phi) is 6.69. The molecular formula is C28H25B2F2N5O4S. The Bertz CT molecular complexity index is 1840. The van der Waals surface area contributed by atoms with Gasteiger partial charge in [0.2, 0.25) is 10.0 Å². The second-order valence-electron chi connectivity index (χ2n) is 10.9. The van der Waals surface area contributed by atoms with Gasteiger partial charge in [0.05, 0.1) is 51.8 Å². The van der Waals surface area contributed by atoms with Gasteiger partial charge in [0, 0.05) is 35.7 Å². The van der Waals surface area contributed by atoms with Gasteiger partial charge >= 0.3 is 0 Å². The zero-order valence-corrected chi connectivity index (χ0v) is 23.9. The van der Waals surface area contributed by atoms with Crippen molar-refractivity contribution in [2.75, 3.05) is 13.1 Å². The third kappa shape index (κ3) is 4.48. The van der Waals surface area contributed by atoms with Crippen LogP contribution in [-0.2, 0) is 29.0 Å². The maximum absolute atomic E-state index is 15.5. The number of pyridine rings is 1. The van der Waals surface area contributed by atoms with Crippen molar-refractivity contribution in [3.05, 3.63) is 77.2 Å². The van der Waals surface area contributed by atoms with Gasteiger partial charge in [-0.05, 0) is 61.4 Å². The summed E-state index contributed by atoms with van der Waals surface area (Å²) < 4.78 is 64.7. The van der Waals surface area contributed by atoms with E-state index in [0.717, 1.165) is 4.90 Å². The van der Waals surface area contributed by atoms with Crippen LogP contribution < -0.4 is 4.74 Å². The van der Waals surface area contributed by atoms with E-state index in [1.54, 1.807) is 50.0 Å². The van der Waals surface area contributed by atoms with E-state index >= 15 is 8.78 Å². The number of hydrogen-bond donors (Lipinski definition) is 0. The molecule has 42 heavy (non-hydrogen) atoms. The molecule has 212 valence electrons. The van der Waals surface area contributed by atoms with E-state index in [4.69, 9.17) is 20.4 Å². The Labute approximate surface area is 244 Å². The summed E-state index contributed by atoms with van der Waals surface area (Å²) in [6, 6.07) is 8.75. The zero-order chi connectivity index (χ0) is 30.1. The van der Waals surface area contributed by atoms with E-state index in [2.05, 4.69) is 10.1 Å². The fourth-order valence-corrected chi connectivity index (χ4v) is 6.66. The third-order valence-corrected chi connectivity index (χ3v) is 9.90. The van der Waals surface area contributed by atoms with Gasteiger partial charge in [-0.25, -0.2) is 17.2 Å². The smallest absolute Gasteiger partial charge is 0.255 e. The molecule has 2 aliphatic rings. The lowest BCUT2D eigenvalue weighted by molar-refractivity contribution is 0.0727. The first-order chi connectivity index (χ1) is 19.8. The highest BCUT2D eigenvalue weighted by Gasteiger charge is 2.43. The van der Waals surface area contributed by atoms with Gasteiger partial charge in [0.25, 0.3) is 5.91 Å². The molecule has 0 aliphatic carbocycles. The number of fused-ring (bicyclic) bond motifs is 2. The summed E-state index contributed by atoms with van der Waals surface area (Å²) in [6.07, 6.45) is 2.80. The molecule has 0 unspecified atom stereocenters. The topological polar surface area (TPSA) is 97.6 Å². The van der Waals surface area contributed by atoms with Crippen molar-refractivity contribution < 1.29 is 26.7 Å². The molecule has 14 heteroatoms. The van der Waals surface area contributed by atoms with Crippen molar-refractivity contribution in [3.8, 4) is 16.9 Å². The van der Waals surface area contributed by atoms with Gasteiger partial charge in [0.15, 0.2) is 0 Å². The molecule has 4 heterocycles. The van der Waals surface area contributed by atoms with Crippen molar-refractivity contribution in [1.29, 1.82) is 0 Å². The molecule has 0 atom stereocenters. The highest BCUT2D eigenvalue weighted by Crippen LogP contribution is 2.38. The van der Waals surface area contributed by atoms with Gasteiger partial charge in [-0.2, -0.15) is 9.40 Å². The summed E-state index contributed by atoms with van der Waals surface area (Å²) in [5, 5.41) is 2.71. The van der Waals surface area contributed by atoms with Crippen LogP contribution >= 0.6 is 0 Å². The molecule has 6 rings (SSSR count). The minimum absolute atomic E-state index is 0.130. The van der Waals surface area contributed by atoms with E-state index in [1.807, 2.05) is 0 Å². The number of benzene rings is 2. The molecule has 2 aromatic heterocycles. The SMILES string of the molecule is [B]C1([B])c2ncccc2C(=O)N1Cc1c(F)cc(-c2ccc(OC3CN(S(=O)(=O)C(C)C)C3)c3nn(C)cc23)cc1F. The number of ether oxygens (including phenoxy) is 1.